The quantitative estimate of drug-likeness (QED) is 0.354. The number of aromatic nitrogens is 2. The summed E-state index contributed by atoms with van der Waals surface area (Å²) in [6, 6.07) is 8.06. The van der Waals surface area contributed by atoms with E-state index >= 15 is 0 Å². The minimum atomic E-state index is 0.704. The van der Waals surface area contributed by atoms with Gasteiger partial charge in [-0.05, 0) is 12.5 Å². The highest BCUT2D eigenvalue weighted by molar-refractivity contribution is 7.99. The monoisotopic (exact) mass is 238 g/mol. The van der Waals surface area contributed by atoms with Gasteiger partial charge in [0.1, 0.15) is 11.4 Å². The van der Waals surface area contributed by atoms with Crippen molar-refractivity contribution in [2.24, 2.45) is 0 Å². The summed E-state index contributed by atoms with van der Waals surface area (Å²) in [6.07, 6.45) is 2.62. The van der Waals surface area contributed by atoms with Gasteiger partial charge in [-0.3, -0.25) is 0 Å². The third kappa shape index (κ3) is 2.61. The molecule has 0 atom stereocenters. The van der Waals surface area contributed by atoms with Gasteiger partial charge in [-0.15, -0.1) is 23.4 Å². The number of para-hydroxylation sites is 1. The molecule has 78 valence electrons. The average Bonchev–Trinajstić information content (AvgIpc) is 2.30. The summed E-state index contributed by atoms with van der Waals surface area (Å²) in [5.41, 5.74) is 1.00. The highest BCUT2D eigenvalue weighted by Gasteiger charge is 2.02. The summed E-state index contributed by atoms with van der Waals surface area (Å²) in [5.74, 6) is 1.71. The molecule has 0 spiro atoms. The first kappa shape index (κ1) is 10.7. The molecule has 2 rings (SSSR count). The zero-order valence-corrected chi connectivity index (χ0v) is 9.76. The van der Waals surface area contributed by atoms with Crippen LogP contribution in [0.3, 0.4) is 0 Å². The Balaban J connectivity index is 2.26. The lowest BCUT2D eigenvalue weighted by Gasteiger charge is -2.03. The standard InChI is InChI=1S/C11H11ClN2S/c12-6-3-7-15-11-9-4-1-2-5-10(9)13-8-14-11/h1-2,4-5,8H,3,6-7H2. The number of hydrogen-bond acceptors (Lipinski definition) is 3. The van der Waals surface area contributed by atoms with Crippen LogP contribution in [0.2, 0.25) is 0 Å². The van der Waals surface area contributed by atoms with Crippen molar-refractivity contribution in [2.75, 3.05) is 11.6 Å². The van der Waals surface area contributed by atoms with Crippen molar-refractivity contribution in [3.05, 3.63) is 30.6 Å². The van der Waals surface area contributed by atoms with E-state index in [1.165, 1.54) is 0 Å². The maximum absolute atomic E-state index is 5.64. The van der Waals surface area contributed by atoms with Crippen LogP contribution in [0.15, 0.2) is 35.6 Å². The maximum Gasteiger partial charge on any atom is 0.117 e. The molecule has 0 aliphatic rings. The number of thioether (sulfide) groups is 1. The van der Waals surface area contributed by atoms with Crippen LogP contribution in [0, 0.1) is 0 Å². The molecular weight excluding hydrogens is 228 g/mol. The number of alkyl halides is 1. The Morgan fingerprint density at radius 2 is 2.07 bits per heavy atom. The number of hydrogen-bond donors (Lipinski definition) is 0. The minimum Gasteiger partial charge on any atom is -0.236 e. The molecule has 1 aromatic heterocycles. The highest BCUT2D eigenvalue weighted by Crippen LogP contribution is 2.24. The molecule has 0 saturated heterocycles. The molecule has 0 amide bonds. The third-order valence-electron chi connectivity index (χ3n) is 2.02. The summed E-state index contributed by atoms with van der Waals surface area (Å²) in [4.78, 5) is 8.51. The van der Waals surface area contributed by atoms with Crippen molar-refractivity contribution >= 4 is 34.3 Å². The molecule has 15 heavy (non-hydrogen) atoms. The molecule has 0 N–H and O–H groups in total. The van der Waals surface area contributed by atoms with E-state index in [0.29, 0.717) is 5.88 Å². The Bertz CT molecular complexity index is 442. The van der Waals surface area contributed by atoms with Gasteiger partial charge in [0.05, 0.1) is 5.52 Å². The number of rotatable bonds is 4. The van der Waals surface area contributed by atoms with Crippen LogP contribution in [0.1, 0.15) is 6.42 Å². The molecule has 0 fully saturated rings. The van der Waals surface area contributed by atoms with Gasteiger partial charge in [-0.25, -0.2) is 9.97 Å². The van der Waals surface area contributed by atoms with E-state index in [1.807, 2.05) is 18.2 Å². The van der Waals surface area contributed by atoms with Crippen LogP contribution in [0.25, 0.3) is 10.9 Å². The Morgan fingerprint density at radius 3 is 2.93 bits per heavy atom. The molecule has 0 bridgehead atoms. The van der Waals surface area contributed by atoms with Crippen molar-refractivity contribution in [3.63, 3.8) is 0 Å². The second-order valence-electron chi connectivity index (χ2n) is 3.09. The van der Waals surface area contributed by atoms with Gasteiger partial charge in [0, 0.05) is 17.0 Å². The minimum absolute atomic E-state index is 0.704. The van der Waals surface area contributed by atoms with Crippen LogP contribution in [0.5, 0.6) is 0 Å². The Kier molecular flexibility index (Phi) is 3.80. The van der Waals surface area contributed by atoms with Crippen LogP contribution >= 0.6 is 23.4 Å². The first-order valence-electron chi connectivity index (χ1n) is 4.80. The molecule has 1 heterocycles. The van der Waals surface area contributed by atoms with Crippen LogP contribution in [-0.4, -0.2) is 21.6 Å². The van der Waals surface area contributed by atoms with Crippen molar-refractivity contribution in [1.82, 2.24) is 9.97 Å². The Labute approximate surface area is 98.1 Å². The lowest BCUT2D eigenvalue weighted by Crippen LogP contribution is -1.88. The first-order chi connectivity index (χ1) is 7.42. The molecule has 0 aliphatic carbocycles. The molecule has 0 radical (unpaired) electrons. The Morgan fingerprint density at radius 1 is 1.20 bits per heavy atom. The fraction of sp³-hybridized carbons (Fsp3) is 0.273. The molecule has 2 nitrogen and oxygen atoms in total. The zero-order chi connectivity index (χ0) is 10.5. The Hall–Kier alpha value is -0.800. The van der Waals surface area contributed by atoms with Crippen LogP contribution in [-0.2, 0) is 0 Å². The van der Waals surface area contributed by atoms with Crippen molar-refractivity contribution < 1.29 is 0 Å². The largest absolute Gasteiger partial charge is 0.236 e. The molecule has 0 saturated carbocycles. The van der Waals surface area contributed by atoms with E-state index in [1.54, 1.807) is 18.1 Å². The summed E-state index contributed by atoms with van der Waals surface area (Å²) in [6.45, 7) is 0. The van der Waals surface area contributed by atoms with Gasteiger partial charge in [0.2, 0.25) is 0 Å². The highest BCUT2D eigenvalue weighted by atomic mass is 35.5. The summed E-state index contributed by atoms with van der Waals surface area (Å²) < 4.78 is 0. The van der Waals surface area contributed by atoms with E-state index in [4.69, 9.17) is 11.6 Å². The van der Waals surface area contributed by atoms with Crippen LogP contribution < -0.4 is 0 Å². The number of fused-ring (bicyclic) bond motifs is 1. The van der Waals surface area contributed by atoms with Crippen LogP contribution in [0.4, 0.5) is 0 Å². The zero-order valence-electron chi connectivity index (χ0n) is 8.19. The lowest BCUT2D eigenvalue weighted by molar-refractivity contribution is 1.08. The fourth-order valence-corrected chi connectivity index (χ4v) is 2.54. The predicted molar refractivity (Wildman–Crippen MR) is 65.6 cm³/mol. The van der Waals surface area contributed by atoms with Gasteiger partial charge in [0.25, 0.3) is 0 Å². The van der Waals surface area contributed by atoms with Crippen molar-refractivity contribution in [2.45, 2.75) is 11.4 Å². The van der Waals surface area contributed by atoms with E-state index in [2.05, 4.69) is 16.0 Å². The molecule has 1 aromatic carbocycles. The molecule has 2 aromatic rings. The summed E-state index contributed by atoms with van der Waals surface area (Å²) >= 11 is 7.38. The topological polar surface area (TPSA) is 25.8 Å². The molecule has 4 heteroatoms. The van der Waals surface area contributed by atoms with Gasteiger partial charge < -0.3 is 0 Å². The van der Waals surface area contributed by atoms with Gasteiger partial charge in [-0.1, -0.05) is 18.2 Å². The second-order valence-corrected chi connectivity index (χ2v) is 4.55. The fourth-order valence-electron chi connectivity index (χ4n) is 1.32. The van der Waals surface area contributed by atoms with E-state index in [9.17, 15) is 0 Å². The normalized spacial score (nSPS) is 10.7. The summed E-state index contributed by atoms with van der Waals surface area (Å²) in [7, 11) is 0. The number of halogens is 1. The van der Waals surface area contributed by atoms with Crippen molar-refractivity contribution in [1.29, 1.82) is 0 Å². The lowest BCUT2D eigenvalue weighted by atomic mass is 10.2. The maximum atomic E-state index is 5.64. The van der Waals surface area contributed by atoms with Gasteiger partial charge in [-0.2, -0.15) is 0 Å². The molecular formula is C11H11ClN2S. The summed E-state index contributed by atoms with van der Waals surface area (Å²) in [5, 5.41) is 2.17. The van der Waals surface area contributed by atoms with E-state index in [-0.39, 0.29) is 0 Å². The molecule has 0 unspecified atom stereocenters. The molecule has 0 aliphatic heterocycles. The number of benzene rings is 1. The number of nitrogens with zero attached hydrogens (tertiary/aromatic N) is 2. The SMILES string of the molecule is ClCCCSc1ncnc2ccccc12. The third-order valence-corrected chi connectivity index (χ3v) is 3.38. The average molecular weight is 239 g/mol. The predicted octanol–water partition coefficient (Wildman–Crippen LogP) is 3.35. The van der Waals surface area contributed by atoms with Gasteiger partial charge >= 0.3 is 0 Å². The second kappa shape index (κ2) is 5.33. The van der Waals surface area contributed by atoms with Crippen molar-refractivity contribution in [3.8, 4) is 0 Å². The van der Waals surface area contributed by atoms with Gasteiger partial charge in [0.15, 0.2) is 0 Å². The van der Waals surface area contributed by atoms with E-state index in [0.717, 1.165) is 28.1 Å². The van der Waals surface area contributed by atoms with E-state index < -0.39 is 0 Å². The first-order valence-corrected chi connectivity index (χ1v) is 6.32. The smallest absolute Gasteiger partial charge is 0.117 e.